The number of nitrogens with zero attached hydrogens (tertiary/aromatic N) is 1. The number of amides is 1. The van der Waals surface area contributed by atoms with E-state index < -0.39 is 0 Å². The zero-order valence-corrected chi connectivity index (χ0v) is 9.19. The fourth-order valence-electron chi connectivity index (χ4n) is 2.70. The van der Waals surface area contributed by atoms with E-state index in [0.717, 1.165) is 25.8 Å². The first-order valence-corrected chi connectivity index (χ1v) is 5.67. The number of rotatable bonds is 3. The van der Waals surface area contributed by atoms with E-state index in [9.17, 15) is 4.79 Å². The van der Waals surface area contributed by atoms with Crippen molar-refractivity contribution in [1.82, 2.24) is 4.90 Å². The number of carbonyl (C=O) groups is 1. The van der Waals surface area contributed by atoms with Crippen molar-refractivity contribution in [2.75, 3.05) is 20.3 Å². The Morgan fingerprint density at radius 2 is 2.33 bits per heavy atom. The highest BCUT2D eigenvalue weighted by Gasteiger charge is 2.37. The van der Waals surface area contributed by atoms with Crippen molar-refractivity contribution < 1.29 is 14.6 Å². The molecule has 1 amide bonds. The monoisotopic (exact) mass is 213 g/mol. The second kappa shape index (κ2) is 4.49. The van der Waals surface area contributed by atoms with Crippen LogP contribution in [0.5, 0.6) is 0 Å². The molecular formula is C11H19NO3. The second-order valence-corrected chi connectivity index (χ2v) is 4.62. The molecule has 0 spiro atoms. The molecule has 3 unspecified atom stereocenters. The van der Waals surface area contributed by atoms with Gasteiger partial charge in [-0.3, -0.25) is 4.79 Å². The van der Waals surface area contributed by atoms with Gasteiger partial charge in [-0.1, -0.05) is 0 Å². The third-order valence-corrected chi connectivity index (χ3v) is 3.63. The van der Waals surface area contributed by atoms with Gasteiger partial charge in [0.2, 0.25) is 5.91 Å². The topological polar surface area (TPSA) is 49.8 Å². The summed E-state index contributed by atoms with van der Waals surface area (Å²) < 4.78 is 5.30. The van der Waals surface area contributed by atoms with Gasteiger partial charge in [-0.25, -0.2) is 0 Å². The molecule has 4 nitrogen and oxygen atoms in total. The summed E-state index contributed by atoms with van der Waals surface area (Å²) in [6.45, 7) is 0.860. The lowest BCUT2D eigenvalue weighted by molar-refractivity contribution is -0.129. The van der Waals surface area contributed by atoms with Crippen molar-refractivity contribution >= 4 is 5.91 Å². The Morgan fingerprint density at radius 3 is 2.87 bits per heavy atom. The lowest BCUT2D eigenvalue weighted by Crippen LogP contribution is -2.35. The molecule has 15 heavy (non-hydrogen) atoms. The maximum atomic E-state index is 11.7. The predicted octanol–water partition coefficient (Wildman–Crippen LogP) is 0.395. The van der Waals surface area contributed by atoms with E-state index in [4.69, 9.17) is 9.84 Å². The average Bonchev–Trinajstić information content (AvgIpc) is 2.83. The summed E-state index contributed by atoms with van der Waals surface area (Å²) in [6, 6.07) is 0.346. The lowest BCUT2D eigenvalue weighted by Gasteiger charge is -2.24. The minimum Gasteiger partial charge on any atom is -0.396 e. The van der Waals surface area contributed by atoms with Crippen molar-refractivity contribution in [3.8, 4) is 0 Å². The Bertz CT molecular complexity index is 244. The van der Waals surface area contributed by atoms with Crippen LogP contribution < -0.4 is 0 Å². The number of likely N-dealkylation sites (tertiary alicyclic amines) is 1. The maximum Gasteiger partial charge on any atom is 0.223 e. The first-order valence-electron chi connectivity index (χ1n) is 5.67. The summed E-state index contributed by atoms with van der Waals surface area (Å²) in [5.41, 5.74) is 0. The van der Waals surface area contributed by atoms with Gasteiger partial charge < -0.3 is 14.7 Å². The van der Waals surface area contributed by atoms with Crippen LogP contribution in [0.25, 0.3) is 0 Å². The first-order chi connectivity index (χ1) is 7.24. The number of methoxy groups -OCH3 is 1. The van der Waals surface area contributed by atoms with Crippen LogP contribution in [0, 0.1) is 5.92 Å². The Labute approximate surface area is 90.2 Å². The lowest BCUT2D eigenvalue weighted by atomic mass is 10.1. The minimum atomic E-state index is 0.128. The molecule has 0 aromatic carbocycles. The highest BCUT2D eigenvalue weighted by atomic mass is 16.5. The van der Waals surface area contributed by atoms with Crippen LogP contribution >= 0.6 is 0 Å². The van der Waals surface area contributed by atoms with Gasteiger partial charge in [0.15, 0.2) is 0 Å². The number of ether oxygens (including phenoxy) is 1. The standard InChI is InChI=1S/C11H19NO3/c1-15-10-3-2-9(5-10)12-6-8(7-13)4-11(12)14/h8-10,13H,2-7H2,1H3. The Balaban J connectivity index is 1.92. The molecule has 0 aromatic rings. The molecule has 1 aliphatic heterocycles. The first kappa shape index (κ1) is 10.9. The fourth-order valence-corrected chi connectivity index (χ4v) is 2.70. The molecule has 1 aliphatic carbocycles. The largest absolute Gasteiger partial charge is 0.396 e. The highest BCUT2D eigenvalue weighted by Crippen LogP contribution is 2.30. The minimum absolute atomic E-state index is 0.128. The van der Waals surface area contributed by atoms with E-state index in [1.165, 1.54) is 0 Å². The average molecular weight is 213 g/mol. The van der Waals surface area contributed by atoms with Crippen LogP contribution in [0.1, 0.15) is 25.7 Å². The summed E-state index contributed by atoms with van der Waals surface area (Å²) in [4.78, 5) is 13.6. The fraction of sp³-hybridized carbons (Fsp3) is 0.909. The van der Waals surface area contributed by atoms with Crippen molar-refractivity contribution in [1.29, 1.82) is 0 Å². The van der Waals surface area contributed by atoms with Gasteiger partial charge in [-0.2, -0.15) is 0 Å². The van der Waals surface area contributed by atoms with Crippen LogP contribution in [-0.4, -0.2) is 48.3 Å². The summed E-state index contributed by atoms with van der Waals surface area (Å²) in [5, 5.41) is 9.04. The summed E-state index contributed by atoms with van der Waals surface area (Å²) >= 11 is 0. The van der Waals surface area contributed by atoms with Crippen LogP contribution in [0.2, 0.25) is 0 Å². The summed E-state index contributed by atoms with van der Waals surface area (Å²) in [7, 11) is 1.73. The van der Waals surface area contributed by atoms with Crippen molar-refractivity contribution in [2.24, 2.45) is 5.92 Å². The molecule has 4 heteroatoms. The second-order valence-electron chi connectivity index (χ2n) is 4.62. The third-order valence-electron chi connectivity index (χ3n) is 3.63. The van der Waals surface area contributed by atoms with Gasteiger partial charge in [0, 0.05) is 38.6 Å². The quantitative estimate of drug-likeness (QED) is 0.738. The summed E-state index contributed by atoms with van der Waals surface area (Å²) in [5.74, 6) is 0.356. The molecule has 2 aliphatic rings. The Hall–Kier alpha value is -0.610. The van der Waals surface area contributed by atoms with Crippen molar-refractivity contribution in [3.63, 3.8) is 0 Å². The van der Waals surface area contributed by atoms with Gasteiger partial charge in [-0.15, -0.1) is 0 Å². The number of carbonyl (C=O) groups excluding carboxylic acids is 1. The molecule has 0 aromatic heterocycles. The molecule has 0 radical (unpaired) electrons. The van der Waals surface area contributed by atoms with Crippen LogP contribution in [0.15, 0.2) is 0 Å². The molecule has 1 saturated heterocycles. The van der Waals surface area contributed by atoms with Crippen LogP contribution in [0.4, 0.5) is 0 Å². The van der Waals surface area contributed by atoms with Crippen LogP contribution in [0.3, 0.4) is 0 Å². The van der Waals surface area contributed by atoms with E-state index in [-0.39, 0.29) is 18.4 Å². The molecule has 1 saturated carbocycles. The molecule has 2 rings (SSSR count). The van der Waals surface area contributed by atoms with E-state index in [1.807, 2.05) is 4.90 Å². The van der Waals surface area contributed by atoms with Gasteiger partial charge >= 0.3 is 0 Å². The molecule has 86 valence electrons. The number of hydrogen-bond donors (Lipinski definition) is 1. The number of aliphatic hydroxyl groups is 1. The smallest absolute Gasteiger partial charge is 0.223 e. The van der Waals surface area contributed by atoms with Gasteiger partial charge in [0.25, 0.3) is 0 Å². The van der Waals surface area contributed by atoms with E-state index >= 15 is 0 Å². The van der Waals surface area contributed by atoms with Gasteiger partial charge in [0.1, 0.15) is 0 Å². The Kier molecular flexibility index (Phi) is 3.26. The molecule has 3 atom stereocenters. The predicted molar refractivity (Wildman–Crippen MR) is 55.3 cm³/mol. The third kappa shape index (κ3) is 2.16. The normalized spacial score (nSPS) is 36.5. The van der Waals surface area contributed by atoms with Crippen molar-refractivity contribution in [2.45, 2.75) is 37.8 Å². The Morgan fingerprint density at radius 1 is 1.53 bits per heavy atom. The highest BCUT2D eigenvalue weighted by molar-refractivity contribution is 5.79. The van der Waals surface area contributed by atoms with E-state index in [0.29, 0.717) is 18.6 Å². The SMILES string of the molecule is COC1CCC(N2CC(CO)CC2=O)C1. The van der Waals surface area contributed by atoms with Gasteiger partial charge in [0.05, 0.1) is 6.10 Å². The molecule has 2 fully saturated rings. The molecule has 0 bridgehead atoms. The molecular weight excluding hydrogens is 194 g/mol. The number of hydrogen-bond acceptors (Lipinski definition) is 3. The zero-order valence-electron chi connectivity index (χ0n) is 9.19. The van der Waals surface area contributed by atoms with Crippen LogP contribution in [-0.2, 0) is 9.53 Å². The van der Waals surface area contributed by atoms with E-state index in [1.54, 1.807) is 7.11 Å². The summed E-state index contributed by atoms with van der Waals surface area (Å²) in [6.07, 6.45) is 3.89. The molecule has 1 heterocycles. The number of aliphatic hydroxyl groups excluding tert-OH is 1. The molecule has 1 N–H and O–H groups in total. The van der Waals surface area contributed by atoms with Crippen molar-refractivity contribution in [3.05, 3.63) is 0 Å². The zero-order chi connectivity index (χ0) is 10.8. The maximum absolute atomic E-state index is 11.7. The van der Waals surface area contributed by atoms with E-state index in [2.05, 4.69) is 0 Å². The van der Waals surface area contributed by atoms with Gasteiger partial charge in [-0.05, 0) is 19.3 Å².